The van der Waals surface area contributed by atoms with E-state index >= 15 is 0 Å². The number of rotatable bonds is 5. The summed E-state index contributed by atoms with van der Waals surface area (Å²) in [6.07, 6.45) is 2.80. The van der Waals surface area contributed by atoms with Crippen molar-refractivity contribution in [2.45, 2.75) is 11.8 Å². The fourth-order valence-electron chi connectivity index (χ4n) is 2.75. The Morgan fingerprint density at radius 3 is 2.46 bits per heavy atom. The molecule has 0 aliphatic carbocycles. The summed E-state index contributed by atoms with van der Waals surface area (Å²) in [6.45, 7) is 3.20. The van der Waals surface area contributed by atoms with E-state index in [1.807, 2.05) is 0 Å². The van der Waals surface area contributed by atoms with Crippen LogP contribution < -0.4 is 5.32 Å². The largest absolute Gasteiger partial charge is 0.379 e. The molecule has 1 saturated heterocycles. The van der Waals surface area contributed by atoms with Gasteiger partial charge in [0.05, 0.1) is 23.8 Å². The number of carbonyl (C=O) groups is 1. The molecule has 0 atom stereocenters. The first-order valence-electron chi connectivity index (χ1n) is 8.79. The minimum absolute atomic E-state index is 0.104. The van der Waals surface area contributed by atoms with Crippen molar-refractivity contribution in [1.82, 2.24) is 4.31 Å². The summed E-state index contributed by atoms with van der Waals surface area (Å²) in [4.78, 5) is 12.2. The second-order valence-corrected chi connectivity index (χ2v) is 8.33. The fraction of sp³-hybridized carbons (Fsp3) is 0.250. The molecule has 0 radical (unpaired) electrons. The number of nitrogens with zero attached hydrogens (tertiary/aromatic N) is 1. The van der Waals surface area contributed by atoms with Crippen LogP contribution in [0.5, 0.6) is 0 Å². The normalized spacial score (nSPS) is 15.6. The molecule has 28 heavy (non-hydrogen) atoms. The molecule has 1 fully saturated rings. The summed E-state index contributed by atoms with van der Waals surface area (Å²) in [5.74, 6) is -0.979. The molecule has 1 N–H and O–H groups in total. The van der Waals surface area contributed by atoms with E-state index in [2.05, 4.69) is 5.32 Å². The van der Waals surface area contributed by atoms with Gasteiger partial charge in [-0.3, -0.25) is 4.79 Å². The van der Waals surface area contributed by atoms with Crippen LogP contribution in [-0.2, 0) is 19.6 Å². The van der Waals surface area contributed by atoms with Crippen molar-refractivity contribution >= 4 is 27.7 Å². The lowest BCUT2D eigenvalue weighted by molar-refractivity contribution is -0.111. The first-order chi connectivity index (χ1) is 13.4. The van der Waals surface area contributed by atoms with Gasteiger partial charge in [0, 0.05) is 19.2 Å². The number of hydrogen-bond acceptors (Lipinski definition) is 4. The van der Waals surface area contributed by atoms with Crippen LogP contribution in [0, 0.1) is 12.7 Å². The molecule has 1 aliphatic heterocycles. The maximum Gasteiger partial charge on any atom is 0.248 e. The van der Waals surface area contributed by atoms with Crippen molar-refractivity contribution in [1.29, 1.82) is 0 Å². The average Bonchev–Trinajstić information content (AvgIpc) is 2.69. The zero-order chi connectivity index (χ0) is 20.1. The molecular formula is C20H21FN2O4S. The number of benzene rings is 2. The molecule has 1 heterocycles. The summed E-state index contributed by atoms with van der Waals surface area (Å²) >= 11 is 0. The van der Waals surface area contributed by atoms with Crippen LogP contribution in [0.1, 0.15) is 11.1 Å². The fourth-order valence-corrected chi connectivity index (χ4v) is 4.16. The number of sulfonamides is 1. The molecule has 0 unspecified atom stereocenters. The van der Waals surface area contributed by atoms with Crippen molar-refractivity contribution in [3.05, 3.63) is 65.5 Å². The number of aryl methyl sites for hydroxylation is 1. The van der Waals surface area contributed by atoms with E-state index in [9.17, 15) is 17.6 Å². The molecule has 3 rings (SSSR count). The molecule has 6 nitrogen and oxygen atoms in total. The monoisotopic (exact) mass is 404 g/mol. The number of anilines is 1. The van der Waals surface area contributed by atoms with Gasteiger partial charge in [0.2, 0.25) is 15.9 Å². The third-order valence-corrected chi connectivity index (χ3v) is 6.21. The molecule has 1 aliphatic rings. The molecule has 0 spiro atoms. The SMILES string of the molecule is Cc1ccc(NC(=O)/C=C/c2ccc(S(=O)(=O)N3CCOCC3)cc2)c(F)c1. The van der Waals surface area contributed by atoms with Crippen molar-refractivity contribution in [2.24, 2.45) is 0 Å². The smallest absolute Gasteiger partial charge is 0.248 e. The quantitative estimate of drug-likeness (QED) is 0.778. The number of ether oxygens (including phenoxy) is 1. The zero-order valence-corrected chi connectivity index (χ0v) is 16.2. The van der Waals surface area contributed by atoms with Gasteiger partial charge in [0.15, 0.2) is 0 Å². The van der Waals surface area contributed by atoms with Crippen LogP contribution in [-0.4, -0.2) is 44.9 Å². The van der Waals surface area contributed by atoms with E-state index in [1.54, 1.807) is 25.1 Å². The molecule has 1 amide bonds. The first kappa shape index (κ1) is 20.2. The Morgan fingerprint density at radius 2 is 1.82 bits per heavy atom. The molecule has 8 heteroatoms. The Kier molecular flexibility index (Phi) is 6.23. The van der Waals surface area contributed by atoms with Crippen molar-refractivity contribution in [2.75, 3.05) is 31.6 Å². The molecular weight excluding hydrogens is 383 g/mol. The number of morpholine rings is 1. The number of hydrogen-bond donors (Lipinski definition) is 1. The number of halogens is 1. The predicted molar refractivity (Wildman–Crippen MR) is 105 cm³/mol. The van der Waals surface area contributed by atoms with Crippen LogP contribution in [0.15, 0.2) is 53.4 Å². The van der Waals surface area contributed by atoms with Gasteiger partial charge >= 0.3 is 0 Å². The zero-order valence-electron chi connectivity index (χ0n) is 15.4. The van der Waals surface area contributed by atoms with Crippen LogP contribution >= 0.6 is 0 Å². The minimum atomic E-state index is -3.55. The van der Waals surface area contributed by atoms with Gasteiger partial charge in [-0.15, -0.1) is 0 Å². The lowest BCUT2D eigenvalue weighted by Gasteiger charge is -2.26. The Labute approximate surface area is 163 Å². The first-order valence-corrected chi connectivity index (χ1v) is 10.2. The highest BCUT2D eigenvalue weighted by Crippen LogP contribution is 2.19. The summed E-state index contributed by atoms with van der Waals surface area (Å²) < 4.78 is 45.5. The third-order valence-electron chi connectivity index (χ3n) is 4.30. The minimum Gasteiger partial charge on any atom is -0.379 e. The summed E-state index contributed by atoms with van der Waals surface area (Å²) in [5.41, 5.74) is 1.52. The van der Waals surface area contributed by atoms with Gasteiger partial charge in [-0.2, -0.15) is 4.31 Å². The number of carbonyl (C=O) groups excluding carboxylic acids is 1. The molecule has 2 aromatic rings. The Bertz CT molecular complexity index is 982. The van der Waals surface area contributed by atoms with E-state index in [4.69, 9.17) is 4.74 Å². The lowest BCUT2D eigenvalue weighted by Crippen LogP contribution is -2.40. The van der Waals surface area contributed by atoms with E-state index < -0.39 is 21.7 Å². The number of nitrogens with one attached hydrogen (secondary N) is 1. The summed E-state index contributed by atoms with van der Waals surface area (Å²) in [5, 5.41) is 2.47. The highest BCUT2D eigenvalue weighted by atomic mass is 32.2. The molecule has 0 saturated carbocycles. The molecule has 148 valence electrons. The van der Waals surface area contributed by atoms with E-state index in [-0.39, 0.29) is 10.6 Å². The number of amides is 1. The lowest BCUT2D eigenvalue weighted by atomic mass is 10.2. The Balaban J connectivity index is 1.65. The van der Waals surface area contributed by atoms with Gasteiger partial charge in [0.25, 0.3) is 0 Å². The maximum atomic E-state index is 13.8. The second-order valence-electron chi connectivity index (χ2n) is 6.39. The van der Waals surface area contributed by atoms with Crippen LogP contribution in [0.25, 0.3) is 6.08 Å². The van der Waals surface area contributed by atoms with Gasteiger partial charge < -0.3 is 10.1 Å². The molecule has 0 bridgehead atoms. The highest BCUT2D eigenvalue weighted by molar-refractivity contribution is 7.89. The van der Waals surface area contributed by atoms with E-state index in [0.29, 0.717) is 31.9 Å². The van der Waals surface area contributed by atoms with Crippen LogP contribution in [0.4, 0.5) is 10.1 Å². The second kappa shape index (κ2) is 8.64. The summed E-state index contributed by atoms with van der Waals surface area (Å²) in [6, 6.07) is 10.8. The Morgan fingerprint density at radius 1 is 1.14 bits per heavy atom. The van der Waals surface area contributed by atoms with Crippen LogP contribution in [0.2, 0.25) is 0 Å². The van der Waals surface area contributed by atoms with Gasteiger partial charge in [-0.25, -0.2) is 12.8 Å². The highest BCUT2D eigenvalue weighted by Gasteiger charge is 2.25. The Hall–Kier alpha value is -2.55. The predicted octanol–water partition coefficient (Wildman–Crippen LogP) is 2.81. The van der Waals surface area contributed by atoms with Crippen LogP contribution in [0.3, 0.4) is 0 Å². The van der Waals surface area contributed by atoms with E-state index in [0.717, 1.165) is 5.56 Å². The van der Waals surface area contributed by atoms with Crippen molar-refractivity contribution < 1.29 is 22.3 Å². The topological polar surface area (TPSA) is 75.7 Å². The summed E-state index contributed by atoms with van der Waals surface area (Å²) in [7, 11) is -3.55. The standard InChI is InChI=1S/C20H21FN2O4S/c1-15-2-8-19(18(21)14-15)22-20(24)9-5-16-3-6-17(7-4-16)28(25,26)23-10-12-27-13-11-23/h2-9,14H,10-13H2,1H3,(H,22,24)/b9-5+. The van der Waals surface area contributed by atoms with Gasteiger partial charge in [-0.1, -0.05) is 18.2 Å². The molecule has 2 aromatic carbocycles. The van der Waals surface area contributed by atoms with Crippen molar-refractivity contribution in [3.63, 3.8) is 0 Å². The van der Waals surface area contributed by atoms with E-state index in [1.165, 1.54) is 40.7 Å². The molecule has 0 aromatic heterocycles. The van der Waals surface area contributed by atoms with Gasteiger partial charge in [-0.05, 0) is 48.4 Å². The van der Waals surface area contributed by atoms with Crippen molar-refractivity contribution in [3.8, 4) is 0 Å². The third kappa shape index (κ3) is 4.83. The van der Waals surface area contributed by atoms with Gasteiger partial charge in [0.1, 0.15) is 5.82 Å². The maximum absolute atomic E-state index is 13.8. The average molecular weight is 404 g/mol.